The molecule has 0 aliphatic carbocycles. The van der Waals surface area contributed by atoms with Gasteiger partial charge in [0.1, 0.15) is 5.65 Å². The monoisotopic (exact) mass is 428 g/mol. The zero-order valence-electron chi connectivity index (χ0n) is 16.7. The highest BCUT2D eigenvalue weighted by molar-refractivity contribution is 6.05. The molecule has 3 N–H and O–H groups in total. The van der Waals surface area contributed by atoms with Crippen LogP contribution in [0.1, 0.15) is 25.5 Å². The van der Waals surface area contributed by atoms with Gasteiger partial charge in [0.15, 0.2) is 0 Å². The lowest BCUT2D eigenvalue weighted by molar-refractivity contribution is -0.137. The second-order valence-electron chi connectivity index (χ2n) is 7.28. The lowest BCUT2D eigenvalue weighted by Gasteiger charge is -2.09. The number of carbonyl (C=O) groups is 1. The molecule has 1 aromatic carbocycles. The molecule has 0 saturated carbocycles. The molecule has 31 heavy (non-hydrogen) atoms. The molecule has 160 valence electrons. The molecule has 0 radical (unpaired) electrons. The van der Waals surface area contributed by atoms with Crippen LogP contribution in [0.5, 0.6) is 0 Å². The van der Waals surface area contributed by atoms with Gasteiger partial charge in [0, 0.05) is 46.8 Å². The molecule has 4 aromatic rings. The zero-order chi connectivity index (χ0) is 22.2. The number of anilines is 2. The number of benzene rings is 1. The van der Waals surface area contributed by atoms with Crippen molar-refractivity contribution in [2.45, 2.75) is 26.1 Å². The van der Waals surface area contributed by atoms with Gasteiger partial charge < -0.3 is 15.6 Å². The highest BCUT2D eigenvalue weighted by Crippen LogP contribution is 2.30. The fraction of sp³-hybridized carbons (Fsp3) is 0.190. The van der Waals surface area contributed by atoms with E-state index in [1.165, 1.54) is 12.1 Å². The quantitative estimate of drug-likeness (QED) is 0.391. The molecule has 0 aliphatic rings. The first-order valence-electron chi connectivity index (χ1n) is 9.47. The highest BCUT2D eigenvalue weighted by atomic mass is 19.4. The minimum absolute atomic E-state index is 0.226. The van der Waals surface area contributed by atoms with E-state index in [2.05, 4.69) is 25.7 Å². The first kappa shape index (κ1) is 20.5. The Morgan fingerprint density at radius 1 is 1.10 bits per heavy atom. The number of alkyl halides is 3. The van der Waals surface area contributed by atoms with E-state index in [4.69, 9.17) is 0 Å². The summed E-state index contributed by atoms with van der Waals surface area (Å²) in [6.45, 7) is 4.06. The maximum Gasteiger partial charge on any atom is 0.416 e. The molecular weight excluding hydrogens is 409 g/mol. The summed E-state index contributed by atoms with van der Waals surface area (Å²) in [5.74, 6) is 0. The van der Waals surface area contributed by atoms with Gasteiger partial charge in [0.25, 0.3) is 0 Å². The number of halogens is 3. The van der Waals surface area contributed by atoms with Crippen LogP contribution in [0.3, 0.4) is 0 Å². The standard InChI is InChI=1S/C21H19F3N6O/c1-12(2)30-11-14(9-27-30)13-7-17-18(10-26-19(17)25-8-13)29-20(31)28-16-5-3-15(4-6-16)21(22,23)24/h3-12H,1-2H3,(H,25,26)(H2,28,29,31). The Morgan fingerprint density at radius 2 is 1.84 bits per heavy atom. The predicted molar refractivity (Wildman–Crippen MR) is 112 cm³/mol. The van der Waals surface area contributed by atoms with E-state index in [-0.39, 0.29) is 11.7 Å². The number of carbonyl (C=O) groups excluding carboxylic acids is 1. The average Bonchev–Trinajstić information content (AvgIpc) is 3.35. The maximum atomic E-state index is 12.7. The number of nitrogens with one attached hydrogen (secondary N) is 3. The molecule has 0 fully saturated rings. The molecule has 0 bridgehead atoms. The van der Waals surface area contributed by atoms with Crippen molar-refractivity contribution in [3.8, 4) is 11.1 Å². The van der Waals surface area contributed by atoms with E-state index < -0.39 is 17.8 Å². The first-order valence-corrected chi connectivity index (χ1v) is 9.47. The highest BCUT2D eigenvalue weighted by Gasteiger charge is 2.30. The Labute approximate surface area is 175 Å². The molecular formula is C21H19F3N6O. The fourth-order valence-corrected chi connectivity index (χ4v) is 3.06. The first-order chi connectivity index (χ1) is 14.7. The lowest BCUT2D eigenvalue weighted by atomic mass is 10.1. The number of amides is 2. The average molecular weight is 428 g/mol. The Bertz CT molecular complexity index is 1220. The van der Waals surface area contributed by atoms with Gasteiger partial charge in [-0.25, -0.2) is 9.78 Å². The van der Waals surface area contributed by atoms with Crippen LogP contribution in [-0.2, 0) is 6.18 Å². The number of fused-ring (bicyclic) bond motifs is 1. The topological polar surface area (TPSA) is 87.6 Å². The molecule has 0 aliphatic heterocycles. The van der Waals surface area contributed by atoms with Crippen molar-refractivity contribution in [3.63, 3.8) is 0 Å². The van der Waals surface area contributed by atoms with Crippen LogP contribution in [0.15, 0.2) is 55.1 Å². The third kappa shape index (κ3) is 4.37. The molecule has 3 aromatic heterocycles. The second-order valence-corrected chi connectivity index (χ2v) is 7.28. The lowest BCUT2D eigenvalue weighted by Crippen LogP contribution is -2.19. The minimum atomic E-state index is -4.43. The Hall–Kier alpha value is -3.82. The summed E-state index contributed by atoms with van der Waals surface area (Å²) in [6.07, 6.45) is 2.56. The van der Waals surface area contributed by atoms with Gasteiger partial charge >= 0.3 is 12.2 Å². The van der Waals surface area contributed by atoms with E-state index >= 15 is 0 Å². The third-order valence-electron chi connectivity index (χ3n) is 4.71. The number of hydrogen-bond acceptors (Lipinski definition) is 3. The van der Waals surface area contributed by atoms with E-state index in [0.29, 0.717) is 16.7 Å². The van der Waals surface area contributed by atoms with Gasteiger partial charge in [-0.15, -0.1) is 0 Å². The Kier molecular flexibility index (Phi) is 5.14. The Morgan fingerprint density at radius 3 is 2.48 bits per heavy atom. The van der Waals surface area contributed by atoms with Crippen LogP contribution >= 0.6 is 0 Å². The summed E-state index contributed by atoms with van der Waals surface area (Å²) in [6, 6.07) is 5.74. The number of pyridine rings is 1. The van der Waals surface area contributed by atoms with Crippen molar-refractivity contribution in [1.82, 2.24) is 19.7 Å². The molecule has 0 unspecified atom stereocenters. The van der Waals surface area contributed by atoms with Gasteiger partial charge in [-0.1, -0.05) is 0 Å². The van der Waals surface area contributed by atoms with Crippen molar-refractivity contribution in [3.05, 3.63) is 60.7 Å². The molecule has 3 heterocycles. The van der Waals surface area contributed by atoms with Crippen molar-refractivity contribution < 1.29 is 18.0 Å². The van der Waals surface area contributed by atoms with Crippen molar-refractivity contribution in [2.75, 3.05) is 10.6 Å². The zero-order valence-corrected chi connectivity index (χ0v) is 16.7. The normalized spacial score (nSPS) is 11.8. The second kappa shape index (κ2) is 7.78. The van der Waals surface area contributed by atoms with E-state index in [1.54, 1.807) is 18.6 Å². The van der Waals surface area contributed by atoms with Gasteiger partial charge in [-0.05, 0) is 44.2 Å². The number of hydrogen-bond donors (Lipinski definition) is 3. The largest absolute Gasteiger partial charge is 0.416 e. The van der Waals surface area contributed by atoms with Crippen LogP contribution in [0.2, 0.25) is 0 Å². The molecule has 0 spiro atoms. The van der Waals surface area contributed by atoms with Crippen molar-refractivity contribution in [2.24, 2.45) is 0 Å². The maximum absolute atomic E-state index is 12.7. The Balaban J connectivity index is 1.52. The van der Waals surface area contributed by atoms with Gasteiger partial charge in [-0.3, -0.25) is 4.68 Å². The molecule has 0 atom stereocenters. The van der Waals surface area contributed by atoms with Crippen LogP contribution in [-0.4, -0.2) is 25.8 Å². The van der Waals surface area contributed by atoms with Crippen molar-refractivity contribution in [1.29, 1.82) is 0 Å². The summed E-state index contributed by atoms with van der Waals surface area (Å²) in [7, 11) is 0. The summed E-state index contributed by atoms with van der Waals surface area (Å²) in [5.41, 5.74) is 2.27. The molecule has 0 saturated heterocycles. The number of urea groups is 1. The van der Waals surface area contributed by atoms with Crippen LogP contribution in [0, 0.1) is 0 Å². The summed E-state index contributed by atoms with van der Waals surface area (Å²) >= 11 is 0. The van der Waals surface area contributed by atoms with Crippen molar-refractivity contribution >= 4 is 28.4 Å². The number of aromatic nitrogens is 4. The number of aromatic amines is 1. The molecule has 7 nitrogen and oxygen atoms in total. The fourth-order valence-electron chi connectivity index (χ4n) is 3.06. The van der Waals surface area contributed by atoms with Gasteiger partial charge in [0.05, 0.1) is 17.4 Å². The SMILES string of the molecule is CC(C)n1cc(-c2cnc3[nH]cc(NC(=O)Nc4ccc(C(F)(F)F)cc4)c3c2)cn1. The number of H-pyrrole nitrogens is 1. The minimum Gasteiger partial charge on any atom is -0.344 e. The van der Waals surface area contributed by atoms with E-state index in [9.17, 15) is 18.0 Å². The molecule has 10 heteroatoms. The summed E-state index contributed by atoms with van der Waals surface area (Å²) in [5, 5.41) is 10.2. The van der Waals surface area contributed by atoms with Gasteiger partial charge in [-0.2, -0.15) is 18.3 Å². The van der Waals surface area contributed by atoms with Crippen LogP contribution in [0.4, 0.5) is 29.3 Å². The van der Waals surface area contributed by atoms with E-state index in [0.717, 1.165) is 23.3 Å². The third-order valence-corrected chi connectivity index (χ3v) is 4.71. The van der Waals surface area contributed by atoms with Gasteiger partial charge in [0.2, 0.25) is 0 Å². The molecule has 4 rings (SSSR count). The number of nitrogens with zero attached hydrogens (tertiary/aromatic N) is 3. The van der Waals surface area contributed by atoms with Crippen LogP contribution in [0.25, 0.3) is 22.2 Å². The number of rotatable bonds is 4. The predicted octanol–water partition coefficient (Wildman–Crippen LogP) is 5.67. The summed E-state index contributed by atoms with van der Waals surface area (Å²) < 4.78 is 39.8. The smallest absolute Gasteiger partial charge is 0.344 e. The molecule has 2 amide bonds. The van der Waals surface area contributed by atoms with Crippen LogP contribution < -0.4 is 10.6 Å². The van der Waals surface area contributed by atoms with E-state index in [1.807, 2.05) is 30.8 Å². The summed E-state index contributed by atoms with van der Waals surface area (Å²) in [4.78, 5) is 19.7.